The van der Waals surface area contributed by atoms with Crippen molar-refractivity contribution in [1.29, 1.82) is 0 Å². The number of benzene rings is 3. The Labute approximate surface area is 207 Å². The molecule has 4 rings (SSSR count). The largest absolute Gasteiger partial charge is 0.496 e. The van der Waals surface area contributed by atoms with Crippen LogP contribution in [0.1, 0.15) is 5.56 Å². The van der Waals surface area contributed by atoms with E-state index in [-0.39, 0.29) is 6.61 Å². The number of nitrogens with zero attached hydrogens (tertiary/aromatic N) is 2. The maximum Gasteiger partial charge on any atom is 0.412 e. The molecular weight excluding hydrogens is 466 g/mol. The van der Waals surface area contributed by atoms with E-state index >= 15 is 0 Å². The van der Waals surface area contributed by atoms with Crippen molar-refractivity contribution in [2.75, 3.05) is 33.8 Å². The zero-order valence-electron chi connectivity index (χ0n) is 20.2. The van der Waals surface area contributed by atoms with Crippen LogP contribution in [0, 0.1) is 0 Å². The number of carbonyl (C=O) groups is 1. The van der Waals surface area contributed by atoms with Crippen molar-refractivity contribution in [2.24, 2.45) is 0 Å². The topological polar surface area (TPSA) is 110 Å². The van der Waals surface area contributed by atoms with E-state index in [1.807, 2.05) is 18.2 Å². The summed E-state index contributed by atoms with van der Waals surface area (Å²) in [5.74, 6) is 2.84. The molecule has 10 heteroatoms. The molecule has 0 aliphatic carbocycles. The summed E-state index contributed by atoms with van der Waals surface area (Å²) in [6.45, 7) is 0.0500. The first-order valence-electron chi connectivity index (χ1n) is 10.8. The summed E-state index contributed by atoms with van der Waals surface area (Å²) in [6.07, 6.45) is 0.754. The minimum Gasteiger partial charge on any atom is -0.496 e. The number of anilines is 1. The quantitative estimate of drug-likeness (QED) is 0.337. The van der Waals surface area contributed by atoms with Gasteiger partial charge in [-0.2, -0.15) is 0 Å². The third-order valence-electron chi connectivity index (χ3n) is 5.28. The molecular formula is C26H25N3O7. The van der Waals surface area contributed by atoms with Crippen LogP contribution >= 0.6 is 0 Å². The van der Waals surface area contributed by atoms with Gasteiger partial charge < -0.3 is 28.4 Å². The molecule has 4 aromatic rings. The average molecular weight is 492 g/mol. The molecule has 0 fully saturated rings. The van der Waals surface area contributed by atoms with Crippen LogP contribution in [0.15, 0.2) is 60.9 Å². The van der Waals surface area contributed by atoms with Gasteiger partial charge in [0.1, 0.15) is 30.2 Å². The Hall–Kier alpha value is -4.73. The number of amides is 1. The number of para-hydroxylation sites is 1. The summed E-state index contributed by atoms with van der Waals surface area (Å²) in [6, 6.07) is 15.7. The van der Waals surface area contributed by atoms with Gasteiger partial charge in [0.25, 0.3) is 0 Å². The van der Waals surface area contributed by atoms with E-state index in [0.29, 0.717) is 51.2 Å². The molecule has 1 amide bonds. The summed E-state index contributed by atoms with van der Waals surface area (Å²) in [7, 11) is 6.15. The van der Waals surface area contributed by atoms with Crippen molar-refractivity contribution in [3.63, 3.8) is 0 Å². The fourth-order valence-corrected chi connectivity index (χ4v) is 3.50. The van der Waals surface area contributed by atoms with Gasteiger partial charge in [0.05, 0.1) is 45.0 Å². The maximum atomic E-state index is 12.4. The number of hydrogen-bond acceptors (Lipinski definition) is 9. The van der Waals surface area contributed by atoms with Gasteiger partial charge in [-0.3, -0.25) is 5.32 Å². The Balaban J connectivity index is 1.50. The van der Waals surface area contributed by atoms with Gasteiger partial charge in [-0.25, -0.2) is 14.8 Å². The second kappa shape index (κ2) is 11.1. The highest BCUT2D eigenvalue weighted by molar-refractivity contribution is 5.88. The summed E-state index contributed by atoms with van der Waals surface area (Å²) in [4.78, 5) is 20.9. The van der Waals surface area contributed by atoms with E-state index in [4.69, 9.17) is 28.4 Å². The molecule has 0 bridgehead atoms. The van der Waals surface area contributed by atoms with Gasteiger partial charge in [-0.1, -0.05) is 18.2 Å². The molecule has 0 saturated heterocycles. The second-order valence-electron chi connectivity index (χ2n) is 7.38. The molecule has 0 aliphatic rings. The van der Waals surface area contributed by atoms with Gasteiger partial charge in [0, 0.05) is 17.7 Å². The summed E-state index contributed by atoms with van der Waals surface area (Å²) in [5.41, 5.74) is 1.78. The van der Waals surface area contributed by atoms with E-state index in [2.05, 4.69) is 15.3 Å². The highest BCUT2D eigenvalue weighted by atomic mass is 16.6. The van der Waals surface area contributed by atoms with Crippen molar-refractivity contribution < 1.29 is 33.2 Å². The highest BCUT2D eigenvalue weighted by Crippen LogP contribution is 2.37. The number of carbonyl (C=O) groups excluding carboxylic acids is 1. The third kappa shape index (κ3) is 5.33. The summed E-state index contributed by atoms with van der Waals surface area (Å²) < 4.78 is 32.8. The lowest BCUT2D eigenvalue weighted by Gasteiger charge is -2.14. The molecule has 0 atom stereocenters. The molecule has 1 N–H and O–H groups in total. The van der Waals surface area contributed by atoms with Crippen LogP contribution in [-0.2, 0) is 11.3 Å². The van der Waals surface area contributed by atoms with Crippen LogP contribution in [0.2, 0.25) is 0 Å². The minimum absolute atomic E-state index is 0.0500. The van der Waals surface area contributed by atoms with E-state index in [1.54, 1.807) is 57.7 Å². The van der Waals surface area contributed by atoms with Crippen LogP contribution in [0.4, 0.5) is 10.5 Å². The SMILES string of the molecule is COc1ccccc1COC(=O)Nc1ccc(Oc2ncnc3cc(OC)c(OC)cc23)cc1OC. The fraction of sp³-hybridized carbons (Fsp3) is 0.192. The predicted octanol–water partition coefficient (Wildman–Crippen LogP) is 5.21. The van der Waals surface area contributed by atoms with Crippen molar-refractivity contribution in [1.82, 2.24) is 9.97 Å². The molecule has 0 saturated carbocycles. The molecule has 0 aliphatic heterocycles. The van der Waals surface area contributed by atoms with Gasteiger partial charge >= 0.3 is 6.09 Å². The monoisotopic (exact) mass is 491 g/mol. The first kappa shape index (κ1) is 24.4. The number of hydrogen-bond donors (Lipinski definition) is 1. The van der Waals surface area contributed by atoms with E-state index in [0.717, 1.165) is 5.56 Å². The van der Waals surface area contributed by atoms with Gasteiger partial charge in [0.15, 0.2) is 11.5 Å². The minimum atomic E-state index is -0.643. The van der Waals surface area contributed by atoms with Crippen LogP contribution in [-0.4, -0.2) is 44.5 Å². The second-order valence-corrected chi connectivity index (χ2v) is 7.38. The van der Waals surface area contributed by atoms with Gasteiger partial charge in [0.2, 0.25) is 5.88 Å². The maximum absolute atomic E-state index is 12.4. The van der Waals surface area contributed by atoms with E-state index < -0.39 is 6.09 Å². The molecule has 0 radical (unpaired) electrons. The van der Waals surface area contributed by atoms with E-state index in [9.17, 15) is 4.79 Å². The van der Waals surface area contributed by atoms with Crippen LogP contribution in [0.3, 0.4) is 0 Å². The molecule has 1 heterocycles. The summed E-state index contributed by atoms with van der Waals surface area (Å²) >= 11 is 0. The number of nitrogens with one attached hydrogen (secondary N) is 1. The number of aromatic nitrogens is 2. The number of fused-ring (bicyclic) bond motifs is 1. The van der Waals surface area contributed by atoms with Crippen LogP contribution in [0.5, 0.6) is 34.6 Å². The molecule has 3 aromatic carbocycles. The number of rotatable bonds is 9. The van der Waals surface area contributed by atoms with Crippen molar-refractivity contribution >= 4 is 22.7 Å². The van der Waals surface area contributed by atoms with Crippen LogP contribution < -0.4 is 29.0 Å². The van der Waals surface area contributed by atoms with Gasteiger partial charge in [-0.15, -0.1) is 0 Å². The molecule has 186 valence electrons. The van der Waals surface area contributed by atoms with E-state index in [1.165, 1.54) is 13.4 Å². The standard InChI is InChI=1S/C26H25N3O7/c1-31-21-8-6-5-7-16(21)14-35-26(30)29-19-10-9-17(11-22(19)32-2)36-25-18-12-23(33-3)24(34-4)13-20(18)27-15-28-25/h5-13,15H,14H2,1-4H3,(H,29,30). The zero-order valence-corrected chi connectivity index (χ0v) is 20.2. The summed E-state index contributed by atoms with van der Waals surface area (Å²) in [5, 5.41) is 3.31. The number of ether oxygens (including phenoxy) is 6. The molecule has 0 spiro atoms. The Morgan fingerprint density at radius 3 is 2.28 bits per heavy atom. The zero-order chi connectivity index (χ0) is 25.5. The Morgan fingerprint density at radius 2 is 1.53 bits per heavy atom. The molecule has 0 unspecified atom stereocenters. The fourth-order valence-electron chi connectivity index (χ4n) is 3.50. The first-order valence-corrected chi connectivity index (χ1v) is 10.8. The lowest BCUT2D eigenvalue weighted by molar-refractivity contribution is 0.154. The predicted molar refractivity (Wildman–Crippen MR) is 133 cm³/mol. The molecule has 1 aromatic heterocycles. The number of methoxy groups -OCH3 is 4. The van der Waals surface area contributed by atoms with Crippen molar-refractivity contribution in [2.45, 2.75) is 6.61 Å². The molecule has 36 heavy (non-hydrogen) atoms. The third-order valence-corrected chi connectivity index (χ3v) is 5.28. The smallest absolute Gasteiger partial charge is 0.412 e. The Morgan fingerprint density at radius 1 is 0.806 bits per heavy atom. The lowest BCUT2D eigenvalue weighted by atomic mass is 10.2. The van der Waals surface area contributed by atoms with Crippen molar-refractivity contribution in [3.05, 3.63) is 66.5 Å². The average Bonchev–Trinajstić information content (AvgIpc) is 2.92. The Bertz CT molecular complexity index is 1380. The highest BCUT2D eigenvalue weighted by Gasteiger charge is 2.15. The van der Waals surface area contributed by atoms with Gasteiger partial charge in [-0.05, 0) is 24.3 Å². The van der Waals surface area contributed by atoms with Crippen molar-refractivity contribution in [3.8, 4) is 34.6 Å². The molecule has 10 nitrogen and oxygen atoms in total. The lowest BCUT2D eigenvalue weighted by Crippen LogP contribution is -2.14. The Kier molecular flexibility index (Phi) is 7.54. The first-order chi connectivity index (χ1) is 17.6. The van der Waals surface area contributed by atoms with Crippen LogP contribution in [0.25, 0.3) is 10.9 Å². The normalized spacial score (nSPS) is 10.4.